The Bertz CT molecular complexity index is 676. The first-order chi connectivity index (χ1) is 10.3. The lowest BCUT2D eigenvalue weighted by Gasteiger charge is -2.20. The number of hydrogen-bond acceptors (Lipinski definition) is 3. The topological polar surface area (TPSA) is 46.9 Å². The molecule has 0 atom stereocenters. The molecule has 0 saturated heterocycles. The number of aromatic nitrogens is 2. The van der Waals surface area contributed by atoms with E-state index >= 15 is 0 Å². The maximum atomic E-state index is 12.0. The van der Waals surface area contributed by atoms with Crippen LogP contribution in [-0.2, 0) is 11.3 Å². The molecule has 0 bridgehead atoms. The molecule has 0 aliphatic rings. The standard InChI is InChI=1S/C16H22ClN3OS/c1-5-8-20-13-7-6-11(17)9-12(13)18-15(20)22-10-14(21)19-16(2,3)4/h6-7,9H,5,8,10H2,1-4H3,(H,19,21). The van der Waals surface area contributed by atoms with Gasteiger partial charge in [0.25, 0.3) is 0 Å². The van der Waals surface area contributed by atoms with E-state index in [2.05, 4.69) is 21.8 Å². The molecule has 1 aromatic carbocycles. The van der Waals surface area contributed by atoms with Crippen LogP contribution in [0.2, 0.25) is 5.02 Å². The van der Waals surface area contributed by atoms with Crippen LogP contribution < -0.4 is 5.32 Å². The van der Waals surface area contributed by atoms with Crippen molar-refractivity contribution in [2.75, 3.05) is 5.75 Å². The summed E-state index contributed by atoms with van der Waals surface area (Å²) in [5.74, 6) is 0.378. The van der Waals surface area contributed by atoms with Gasteiger partial charge in [0.2, 0.25) is 5.91 Å². The summed E-state index contributed by atoms with van der Waals surface area (Å²) >= 11 is 7.50. The van der Waals surface area contributed by atoms with Crippen molar-refractivity contribution < 1.29 is 4.79 Å². The largest absolute Gasteiger partial charge is 0.351 e. The van der Waals surface area contributed by atoms with Crippen LogP contribution >= 0.6 is 23.4 Å². The number of imidazole rings is 1. The zero-order chi connectivity index (χ0) is 16.3. The number of halogens is 1. The van der Waals surface area contributed by atoms with Gasteiger partial charge in [0.1, 0.15) is 0 Å². The fourth-order valence-electron chi connectivity index (χ4n) is 2.22. The predicted molar refractivity (Wildman–Crippen MR) is 93.7 cm³/mol. The first kappa shape index (κ1) is 17.2. The third-order valence-corrected chi connectivity index (χ3v) is 4.18. The lowest BCUT2D eigenvalue weighted by molar-refractivity contribution is -0.119. The Labute approximate surface area is 140 Å². The maximum absolute atomic E-state index is 12.0. The Hall–Kier alpha value is -1.20. The molecule has 1 heterocycles. The zero-order valence-corrected chi connectivity index (χ0v) is 15.0. The number of hydrogen-bond donors (Lipinski definition) is 1. The Balaban J connectivity index is 2.19. The third-order valence-electron chi connectivity index (χ3n) is 2.97. The number of nitrogens with zero attached hydrogens (tertiary/aromatic N) is 2. The molecule has 6 heteroatoms. The van der Waals surface area contributed by atoms with Gasteiger partial charge in [0.15, 0.2) is 5.16 Å². The molecule has 0 fully saturated rings. The maximum Gasteiger partial charge on any atom is 0.230 e. The lowest BCUT2D eigenvalue weighted by atomic mass is 10.1. The van der Waals surface area contributed by atoms with Gasteiger partial charge >= 0.3 is 0 Å². The fourth-order valence-corrected chi connectivity index (χ4v) is 3.22. The average molecular weight is 340 g/mol. The number of carbonyl (C=O) groups is 1. The molecule has 0 aliphatic carbocycles. The van der Waals surface area contributed by atoms with Gasteiger partial charge in [-0.3, -0.25) is 4.79 Å². The monoisotopic (exact) mass is 339 g/mol. The quantitative estimate of drug-likeness (QED) is 0.834. The van der Waals surface area contributed by atoms with Crippen LogP contribution in [0.5, 0.6) is 0 Å². The second kappa shape index (κ2) is 6.92. The molecular weight excluding hydrogens is 318 g/mol. The van der Waals surface area contributed by atoms with E-state index in [1.54, 1.807) is 0 Å². The van der Waals surface area contributed by atoms with Crippen LogP contribution in [0.3, 0.4) is 0 Å². The summed E-state index contributed by atoms with van der Waals surface area (Å²) in [7, 11) is 0. The van der Waals surface area contributed by atoms with Crippen molar-refractivity contribution >= 4 is 40.3 Å². The average Bonchev–Trinajstić information content (AvgIpc) is 2.72. The van der Waals surface area contributed by atoms with Crippen molar-refractivity contribution in [2.24, 2.45) is 0 Å². The molecule has 1 aromatic heterocycles. The smallest absolute Gasteiger partial charge is 0.230 e. The highest BCUT2D eigenvalue weighted by molar-refractivity contribution is 7.99. The number of thioether (sulfide) groups is 1. The van der Waals surface area contributed by atoms with Crippen molar-refractivity contribution in [2.45, 2.75) is 51.4 Å². The van der Waals surface area contributed by atoms with Crippen LogP contribution in [0.4, 0.5) is 0 Å². The SMILES string of the molecule is CCCn1c(SCC(=O)NC(C)(C)C)nc2cc(Cl)ccc21. The van der Waals surface area contributed by atoms with Gasteiger partial charge in [-0.25, -0.2) is 4.98 Å². The molecule has 2 rings (SSSR count). The Morgan fingerprint density at radius 2 is 2.14 bits per heavy atom. The summed E-state index contributed by atoms with van der Waals surface area (Å²) in [5.41, 5.74) is 1.72. The van der Waals surface area contributed by atoms with Crippen molar-refractivity contribution in [1.82, 2.24) is 14.9 Å². The summed E-state index contributed by atoms with van der Waals surface area (Å²) < 4.78 is 2.15. The van der Waals surface area contributed by atoms with E-state index in [0.717, 1.165) is 29.2 Å². The number of amides is 1. The van der Waals surface area contributed by atoms with Gasteiger partial charge in [0.05, 0.1) is 16.8 Å². The van der Waals surface area contributed by atoms with Crippen LogP contribution in [0.25, 0.3) is 11.0 Å². The predicted octanol–water partition coefficient (Wildman–Crippen LogP) is 4.11. The van der Waals surface area contributed by atoms with Crippen LogP contribution in [0.15, 0.2) is 23.4 Å². The van der Waals surface area contributed by atoms with Crippen LogP contribution in [0.1, 0.15) is 34.1 Å². The van der Waals surface area contributed by atoms with E-state index in [1.165, 1.54) is 11.8 Å². The molecule has 0 radical (unpaired) electrons. The Morgan fingerprint density at radius 3 is 2.77 bits per heavy atom. The molecule has 1 amide bonds. The number of carbonyl (C=O) groups excluding carboxylic acids is 1. The summed E-state index contributed by atoms with van der Waals surface area (Å²) in [5, 5.41) is 4.51. The van der Waals surface area contributed by atoms with Crippen molar-refractivity contribution in [3.63, 3.8) is 0 Å². The minimum atomic E-state index is -0.214. The molecule has 0 saturated carbocycles. The van der Waals surface area contributed by atoms with Gasteiger partial charge in [-0.05, 0) is 45.4 Å². The van der Waals surface area contributed by atoms with E-state index < -0.39 is 0 Å². The first-order valence-corrected chi connectivity index (χ1v) is 8.76. The van der Waals surface area contributed by atoms with Gasteiger partial charge < -0.3 is 9.88 Å². The van der Waals surface area contributed by atoms with Gasteiger partial charge in [-0.1, -0.05) is 30.3 Å². The van der Waals surface area contributed by atoms with E-state index in [9.17, 15) is 4.79 Å². The normalized spacial score (nSPS) is 11.9. The Kier molecular flexibility index (Phi) is 5.40. The number of aryl methyl sites for hydroxylation is 1. The number of fused-ring (bicyclic) bond motifs is 1. The molecule has 0 unspecified atom stereocenters. The first-order valence-electron chi connectivity index (χ1n) is 7.40. The zero-order valence-electron chi connectivity index (χ0n) is 13.4. The molecular formula is C16H22ClN3OS. The molecule has 2 aromatic rings. The van der Waals surface area contributed by atoms with Crippen molar-refractivity contribution in [3.05, 3.63) is 23.2 Å². The minimum Gasteiger partial charge on any atom is -0.351 e. The third kappa shape index (κ3) is 4.40. The second-order valence-electron chi connectivity index (χ2n) is 6.27. The van der Waals surface area contributed by atoms with Crippen molar-refractivity contribution in [1.29, 1.82) is 0 Å². The fraction of sp³-hybridized carbons (Fsp3) is 0.500. The molecule has 1 N–H and O–H groups in total. The summed E-state index contributed by atoms with van der Waals surface area (Å²) in [6.45, 7) is 8.93. The van der Waals surface area contributed by atoms with Crippen molar-refractivity contribution in [3.8, 4) is 0 Å². The van der Waals surface area contributed by atoms with Gasteiger partial charge in [-0.2, -0.15) is 0 Å². The Morgan fingerprint density at radius 1 is 1.41 bits per heavy atom. The van der Waals surface area contributed by atoms with E-state index in [-0.39, 0.29) is 11.4 Å². The van der Waals surface area contributed by atoms with Crippen LogP contribution in [-0.4, -0.2) is 26.8 Å². The second-order valence-corrected chi connectivity index (χ2v) is 7.64. The van der Waals surface area contributed by atoms with Gasteiger partial charge in [-0.15, -0.1) is 0 Å². The molecule has 22 heavy (non-hydrogen) atoms. The van der Waals surface area contributed by atoms with E-state index in [0.29, 0.717) is 10.8 Å². The molecule has 0 aliphatic heterocycles. The number of rotatable bonds is 5. The molecule has 120 valence electrons. The minimum absolute atomic E-state index is 0.0191. The number of benzene rings is 1. The highest BCUT2D eigenvalue weighted by atomic mass is 35.5. The van der Waals surface area contributed by atoms with Gasteiger partial charge in [0, 0.05) is 17.1 Å². The highest BCUT2D eigenvalue weighted by Gasteiger charge is 2.16. The number of nitrogens with one attached hydrogen (secondary N) is 1. The summed E-state index contributed by atoms with van der Waals surface area (Å²) in [6, 6.07) is 5.72. The highest BCUT2D eigenvalue weighted by Crippen LogP contribution is 2.26. The summed E-state index contributed by atoms with van der Waals surface area (Å²) in [6.07, 6.45) is 1.01. The summed E-state index contributed by atoms with van der Waals surface area (Å²) in [4.78, 5) is 16.6. The molecule has 4 nitrogen and oxygen atoms in total. The molecule has 0 spiro atoms. The lowest BCUT2D eigenvalue weighted by Crippen LogP contribution is -2.41. The van der Waals surface area contributed by atoms with Crippen LogP contribution in [0, 0.1) is 0 Å². The van der Waals surface area contributed by atoms with E-state index in [4.69, 9.17) is 11.6 Å². The van der Waals surface area contributed by atoms with E-state index in [1.807, 2.05) is 39.0 Å².